The fourth-order valence-electron chi connectivity index (χ4n) is 2.52. The summed E-state index contributed by atoms with van der Waals surface area (Å²) in [7, 11) is 1.61. The quantitative estimate of drug-likeness (QED) is 0.669. The fourth-order valence-corrected chi connectivity index (χ4v) is 4.08. The molecule has 1 aliphatic rings. The zero-order valence-corrected chi connectivity index (χ0v) is 16.1. The largest absolute Gasteiger partial charge is 0.495 e. The second-order valence-electron chi connectivity index (χ2n) is 6.12. The van der Waals surface area contributed by atoms with Crippen LogP contribution in [0.25, 0.3) is 0 Å². The molecule has 9 heteroatoms. The highest BCUT2D eigenvalue weighted by Crippen LogP contribution is 2.39. The molecule has 0 bridgehead atoms. The summed E-state index contributed by atoms with van der Waals surface area (Å²) in [6, 6.07) is 9.76. The smallest absolute Gasteiger partial charge is 0.231 e. The number of ether oxygens (including phenoxy) is 1. The van der Waals surface area contributed by atoms with E-state index in [1.807, 2.05) is 24.3 Å². The summed E-state index contributed by atoms with van der Waals surface area (Å²) >= 11 is 2.67. The molecule has 7 nitrogen and oxygen atoms in total. The number of amides is 1. The molecule has 1 aromatic carbocycles. The summed E-state index contributed by atoms with van der Waals surface area (Å²) in [5, 5.41) is 24.1. The topological polar surface area (TPSA) is 99.9 Å². The lowest BCUT2D eigenvalue weighted by Gasteiger charge is -2.22. The van der Waals surface area contributed by atoms with Crippen LogP contribution in [0.4, 0.5) is 10.8 Å². The van der Waals surface area contributed by atoms with Gasteiger partial charge < -0.3 is 15.4 Å². The monoisotopic (exact) mass is 389 g/mol. The van der Waals surface area contributed by atoms with E-state index in [2.05, 4.69) is 26.9 Å². The van der Waals surface area contributed by atoms with E-state index in [1.165, 1.54) is 23.1 Å². The molecule has 0 spiro atoms. The second-order valence-corrected chi connectivity index (χ2v) is 8.32. The van der Waals surface area contributed by atoms with Gasteiger partial charge in [0.25, 0.3) is 0 Å². The predicted molar refractivity (Wildman–Crippen MR) is 102 cm³/mol. The minimum absolute atomic E-state index is 0.166. The average molecular weight is 390 g/mol. The Morgan fingerprint density at radius 2 is 2.23 bits per heavy atom. The number of carbonyl (C=O) groups excluding carboxylic acids is 1. The zero-order valence-electron chi connectivity index (χ0n) is 14.5. The molecule has 1 atom stereocenters. The Kier molecular flexibility index (Phi) is 5.64. The second kappa shape index (κ2) is 7.93. The molecule has 0 aliphatic heterocycles. The molecule has 2 aromatic rings. The molecule has 3 rings (SSSR count). The fraction of sp³-hybridized carbons (Fsp3) is 0.412. The Hall–Kier alpha value is -2.31. The van der Waals surface area contributed by atoms with Gasteiger partial charge in [0.1, 0.15) is 11.3 Å². The van der Waals surface area contributed by atoms with E-state index in [-0.39, 0.29) is 17.6 Å². The molecular formula is C17H19N5O2S2. The number of anilines is 2. The Balaban J connectivity index is 1.54. The average Bonchev–Trinajstić information content (AvgIpc) is 3.42. The van der Waals surface area contributed by atoms with E-state index in [9.17, 15) is 10.1 Å². The summed E-state index contributed by atoms with van der Waals surface area (Å²) < 4.78 is 5.98. The van der Waals surface area contributed by atoms with Crippen molar-refractivity contribution in [1.29, 1.82) is 5.26 Å². The van der Waals surface area contributed by atoms with Gasteiger partial charge in [0.15, 0.2) is 4.34 Å². The van der Waals surface area contributed by atoms with Crippen LogP contribution in [-0.4, -0.2) is 34.5 Å². The lowest BCUT2D eigenvalue weighted by atomic mass is 9.98. The minimum atomic E-state index is -0.769. The normalized spacial score (nSPS) is 15.6. The predicted octanol–water partition coefficient (Wildman–Crippen LogP) is 3.19. The summed E-state index contributed by atoms with van der Waals surface area (Å²) in [5.41, 5.74) is 0.0321. The van der Waals surface area contributed by atoms with Crippen LogP contribution in [0.1, 0.15) is 19.8 Å². The van der Waals surface area contributed by atoms with Gasteiger partial charge in [-0.3, -0.25) is 4.79 Å². The molecule has 0 radical (unpaired) electrons. The van der Waals surface area contributed by atoms with Crippen molar-refractivity contribution >= 4 is 39.8 Å². The van der Waals surface area contributed by atoms with Gasteiger partial charge in [0.05, 0.1) is 24.6 Å². The summed E-state index contributed by atoms with van der Waals surface area (Å²) in [5.74, 6) is 1.01. The number of methoxy groups -OCH3 is 1. The Morgan fingerprint density at radius 1 is 1.46 bits per heavy atom. The maximum absolute atomic E-state index is 12.1. The number of hydrogen-bond acceptors (Lipinski definition) is 8. The number of nitrogens with zero attached hydrogens (tertiary/aromatic N) is 3. The van der Waals surface area contributed by atoms with Crippen molar-refractivity contribution in [3.63, 3.8) is 0 Å². The van der Waals surface area contributed by atoms with Gasteiger partial charge in [-0.25, -0.2) is 0 Å². The van der Waals surface area contributed by atoms with Crippen molar-refractivity contribution < 1.29 is 9.53 Å². The maximum atomic E-state index is 12.1. The molecule has 1 amide bonds. The number of hydrogen-bond donors (Lipinski definition) is 2. The Bertz CT molecular complexity index is 831. The maximum Gasteiger partial charge on any atom is 0.231 e. The van der Waals surface area contributed by atoms with E-state index in [4.69, 9.17) is 4.74 Å². The van der Waals surface area contributed by atoms with Gasteiger partial charge in [0.2, 0.25) is 11.0 Å². The highest BCUT2D eigenvalue weighted by Gasteiger charge is 2.42. The molecule has 0 saturated heterocycles. The first-order chi connectivity index (χ1) is 12.5. The first kappa shape index (κ1) is 18.5. The van der Waals surface area contributed by atoms with E-state index >= 15 is 0 Å². The van der Waals surface area contributed by atoms with Gasteiger partial charge in [-0.2, -0.15) is 5.26 Å². The van der Waals surface area contributed by atoms with E-state index in [1.54, 1.807) is 14.0 Å². The van der Waals surface area contributed by atoms with Crippen LogP contribution in [-0.2, 0) is 4.79 Å². The van der Waals surface area contributed by atoms with Gasteiger partial charge in [-0.15, -0.1) is 10.2 Å². The molecule has 26 heavy (non-hydrogen) atoms. The van der Waals surface area contributed by atoms with E-state index in [0.29, 0.717) is 15.2 Å². The van der Waals surface area contributed by atoms with Gasteiger partial charge in [0, 0.05) is 0 Å². The van der Waals surface area contributed by atoms with Gasteiger partial charge in [-0.05, 0) is 37.8 Å². The first-order valence-corrected chi connectivity index (χ1v) is 9.93. The van der Waals surface area contributed by atoms with Crippen LogP contribution in [0.15, 0.2) is 28.6 Å². The van der Waals surface area contributed by atoms with Crippen LogP contribution in [0.3, 0.4) is 0 Å². The Labute approximate surface area is 160 Å². The van der Waals surface area contributed by atoms with Crippen LogP contribution in [0, 0.1) is 17.2 Å². The third-order valence-electron chi connectivity index (χ3n) is 4.11. The third kappa shape index (κ3) is 4.45. The minimum Gasteiger partial charge on any atom is -0.495 e. The number of nitrogens with one attached hydrogen (secondary N) is 2. The molecule has 1 aliphatic carbocycles. The number of thioether (sulfide) groups is 1. The molecular weight excluding hydrogens is 370 g/mol. The van der Waals surface area contributed by atoms with Crippen molar-refractivity contribution in [2.45, 2.75) is 29.6 Å². The SMILES string of the molecule is COc1ccccc1Nc1nnc(SCC(=O)NC(C)(C#N)C2CC2)s1. The van der Waals surface area contributed by atoms with Crippen LogP contribution >= 0.6 is 23.1 Å². The summed E-state index contributed by atoms with van der Waals surface area (Å²) in [6.45, 7) is 1.79. The summed E-state index contributed by atoms with van der Waals surface area (Å²) in [4.78, 5) is 12.1. The first-order valence-electron chi connectivity index (χ1n) is 8.12. The van der Waals surface area contributed by atoms with Crippen LogP contribution in [0.5, 0.6) is 5.75 Å². The highest BCUT2D eigenvalue weighted by molar-refractivity contribution is 8.01. The van der Waals surface area contributed by atoms with Gasteiger partial charge >= 0.3 is 0 Å². The molecule has 1 saturated carbocycles. The number of aromatic nitrogens is 2. The lowest BCUT2D eigenvalue weighted by Crippen LogP contribution is -2.47. The highest BCUT2D eigenvalue weighted by atomic mass is 32.2. The number of nitriles is 1. The van der Waals surface area contributed by atoms with Gasteiger partial charge in [-0.1, -0.05) is 35.2 Å². The number of rotatable bonds is 8. The van der Waals surface area contributed by atoms with E-state index < -0.39 is 5.54 Å². The van der Waals surface area contributed by atoms with Crippen molar-refractivity contribution in [3.8, 4) is 11.8 Å². The van der Waals surface area contributed by atoms with Crippen molar-refractivity contribution in [1.82, 2.24) is 15.5 Å². The number of para-hydroxylation sites is 2. The van der Waals surface area contributed by atoms with Crippen molar-refractivity contribution in [3.05, 3.63) is 24.3 Å². The summed E-state index contributed by atoms with van der Waals surface area (Å²) in [6.07, 6.45) is 1.98. The molecule has 1 heterocycles. The van der Waals surface area contributed by atoms with Crippen LogP contribution < -0.4 is 15.4 Å². The molecule has 2 N–H and O–H groups in total. The zero-order chi connectivity index (χ0) is 18.6. The standard InChI is InChI=1S/C17H19N5O2S2/c1-17(10-18,11-7-8-11)20-14(23)9-25-16-22-21-15(26-16)19-12-5-3-4-6-13(12)24-2/h3-6,11H,7-9H2,1-2H3,(H,19,21)(H,20,23). The Morgan fingerprint density at radius 3 is 2.92 bits per heavy atom. The molecule has 136 valence electrons. The molecule has 1 unspecified atom stereocenters. The third-order valence-corrected chi connectivity index (χ3v) is 6.08. The number of benzene rings is 1. The van der Waals surface area contributed by atoms with Crippen molar-refractivity contribution in [2.75, 3.05) is 18.2 Å². The molecule has 1 fully saturated rings. The van der Waals surface area contributed by atoms with Crippen molar-refractivity contribution in [2.24, 2.45) is 5.92 Å². The van der Waals surface area contributed by atoms with E-state index in [0.717, 1.165) is 18.5 Å². The lowest BCUT2D eigenvalue weighted by molar-refractivity contribution is -0.119. The van der Waals surface area contributed by atoms with Crippen LogP contribution in [0.2, 0.25) is 0 Å². The number of carbonyl (C=O) groups is 1. The molecule has 1 aromatic heterocycles.